The van der Waals surface area contributed by atoms with Crippen molar-refractivity contribution in [3.63, 3.8) is 0 Å². The summed E-state index contributed by atoms with van der Waals surface area (Å²) in [5, 5.41) is 16.4. The van der Waals surface area contributed by atoms with Gasteiger partial charge in [0.2, 0.25) is 5.65 Å². The first-order valence-corrected chi connectivity index (χ1v) is 8.88. The minimum absolute atomic E-state index is 0.381. The van der Waals surface area contributed by atoms with Crippen molar-refractivity contribution in [1.82, 2.24) is 24.7 Å². The zero-order valence-corrected chi connectivity index (χ0v) is 14.5. The summed E-state index contributed by atoms with van der Waals surface area (Å²) in [6.07, 6.45) is 6.88. The molecule has 1 N–H and O–H groups in total. The van der Waals surface area contributed by atoms with Crippen LogP contribution in [-0.4, -0.2) is 50.4 Å². The van der Waals surface area contributed by atoms with Crippen LogP contribution in [0.1, 0.15) is 58.1 Å². The monoisotopic (exact) mass is 316 g/mol. The number of nitrogens with zero attached hydrogens (tertiary/aromatic N) is 5. The van der Waals surface area contributed by atoms with Gasteiger partial charge in [0, 0.05) is 12.6 Å². The van der Waals surface area contributed by atoms with Crippen molar-refractivity contribution >= 4 is 11.3 Å². The van der Waals surface area contributed by atoms with Crippen LogP contribution in [-0.2, 0) is 0 Å². The number of nitrogens with one attached hydrogen (secondary N) is 1. The highest BCUT2D eigenvalue weighted by atomic mass is 15.3. The molecule has 1 atom stereocenters. The highest BCUT2D eigenvalue weighted by Crippen LogP contribution is 2.21. The van der Waals surface area contributed by atoms with Gasteiger partial charge in [-0.05, 0) is 44.3 Å². The van der Waals surface area contributed by atoms with Crippen molar-refractivity contribution in [3.8, 4) is 0 Å². The average molecular weight is 316 g/mol. The van der Waals surface area contributed by atoms with Gasteiger partial charge in [-0.25, -0.2) is 0 Å². The zero-order chi connectivity index (χ0) is 16.2. The molecule has 0 saturated carbocycles. The van der Waals surface area contributed by atoms with E-state index in [1.807, 2.05) is 0 Å². The molecule has 1 fully saturated rings. The summed E-state index contributed by atoms with van der Waals surface area (Å²) in [6, 6.07) is 2.70. The molecule has 1 aliphatic heterocycles. The van der Waals surface area contributed by atoms with Gasteiger partial charge in [-0.15, -0.1) is 10.2 Å². The molecule has 3 heterocycles. The third-order valence-electron chi connectivity index (χ3n) is 4.78. The quantitative estimate of drug-likeness (QED) is 0.888. The van der Waals surface area contributed by atoms with Crippen LogP contribution < -0.4 is 5.32 Å². The number of hydrogen-bond donors (Lipinski definition) is 1. The molecule has 0 aliphatic carbocycles. The molecular weight excluding hydrogens is 288 g/mol. The molecule has 6 nitrogen and oxygen atoms in total. The molecule has 6 heteroatoms. The Labute approximate surface area is 138 Å². The van der Waals surface area contributed by atoms with Crippen LogP contribution in [0.25, 0.3) is 5.65 Å². The lowest BCUT2D eigenvalue weighted by atomic mass is 10.1. The van der Waals surface area contributed by atoms with E-state index < -0.39 is 0 Å². The van der Waals surface area contributed by atoms with Crippen molar-refractivity contribution in [3.05, 3.63) is 18.1 Å². The first-order chi connectivity index (χ1) is 11.2. The van der Waals surface area contributed by atoms with Crippen LogP contribution in [0.15, 0.2) is 12.4 Å². The second-order valence-corrected chi connectivity index (χ2v) is 6.78. The number of fused-ring (bicyclic) bond motifs is 1. The lowest BCUT2D eigenvalue weighted by Gasteiger charge is -2.34. The SMILES string of the molecule is CCC(CNc1cc(C(C)C)nn2cnnc12)N1CCCCC1. The molecular formula is C17H28N6. The molecule has 2 aromatic heterocycles. The second kappa shape index (κ2) is 7.25. The largest absolute Gasteiger partial charge is 0.380 e. The highest BCUT2D eigenvalue weighted by Gasteiger charge is 2.19. The molecule has 3 rings (SSSR count). The summed E-state index contributed by atoms with van der Waals surface area (Å²) < 4.78 is 1.78. The summed E-state index contributed by atoms with van der Waals surface area (Å²) in [7, 11) is 0. The average Bonchev–Trinajstić information content (AvgIpc) is 3.04. The van der Waals surface area contributed by atoms with Crippen LogP contribution in [0.3, 0.4) is 0 Å². The summed E-state index contributed by atoms with van der Waals surface area (Å²) in [5.74, 6) is 0.381. The Hall–Kier alpha value is -1.69. The van der Waals surface area contributed by atoms with Crippen molar-refractivity contribution < 1.29 is 0 Å². The fourth-order valence-electron chi connectivity index (χ4n) is 3.30. The number of anilines is 1. The smallest absolute Gasteiger partial charge is 0.200 e. The predicted molar refractivity (Wildman–Crippen MR) is 92.9 cm³/mol. The minimum Gasteiger partial charge on any atom is -0.380 e. The van der Waals surface area contributed by atoms with Gasteiger partial charge in [-0.2, -0.15) is 9.61 Å². The molecule has 23 heavy (non-hydrogen) atoms. The number of rotatable bonds is 6. The maximum Gasteiger partial charge on any atom is 0.200 e. The van der Waals surface area contributed by atoms with E-state index in [-0.39, 0.29) is 0 Å². The first-order valence-electron chi connectivity index (χ1n) is 8.88. The fourth-order valence-corrected chi connectivity index (χ4v) is 3.30. The number of piperidine rings is 1. The molecule has 2 aromatic rings. The molecule has 1 unspecified atom stereocenters. The molecule has 0 spiro atoms. The van der Waals surface area contributed by atoms with E-state index in [1.54, 1.807) is 10.8 Å². The standard InChI is InChI=1S/C17H28N6/c1-4-14(22-8-6-5-7-9-22)11-18-16-10-15(13(2)3)21-23-12-19-20-17(16)23/h10,12-14,18H,4-9,11H2,1-3H3. The summed E-state index contributed by atoms with van der Waals surface area (Å²) in [6.45, 7) is 10.00. The van der Waals surface area contributed by atoms with Crippen molar-refractivity contribution in [2.24, 2.45) is 0 Å². The Morgan fingerprint density at radius 3 is 2.70 bits per heavy atom. The van der Waals surface area contributed by atoms with E-state index in [2.05, 4.69) is 52.4 Å². The van der Waals surface area contributed by atoms with Crippen molar-refractivity contribution in [2.45, 2.75) is 58.4 Å². The maximum absolute atomic E-state index is 4.57. The molecule has 0 amide bonds. The van der Waals surface area contributed by atoms with Gasteiger partial charge >= 0.3 is 0 Å². The Balaban J connectivity index is 1.75. The minimum atomic E-state index is 0.381. The van der Waals surface area contributed by atoms with Crippen LogP contribution in [0.5, 0.6) is 0 Å². The van der Waals surface area contributed by atoms with E-state index >= 15 is 0 Å². The van der Waals surface area contributed by atoms with Crippen molar-refractivity contribution in [1.29, 1.82) is 0 Å². The molecule has 0 aromatic carbocycles. The maximum atomic E-state index is 4.57. The van der Waals surface area contributed by atoms with E-state index in [0.29, 0.717) is 12.0 Å². The van der Waals surface area contributed by atoms with Gasteiger partial charge in [0.25, 0.3) is 0 Å². The van der Waals surface area contributed by atoms with Crippen LogP contribution in [0.2, 0.25) is 0 Å². The molecule has 1 saturated heterocycles. The number of hydrogen-bond acceptors (Lipinski definition) is 5. The second-order valence-electron chi connectivity index (χ2n) is 6.78. The Morgan fingerprint density at radius 1 is 1.22 bits per heavy atom. The fraction of sp³-hybridized carbons (Fsp3) is 0.706. The summed E-state index contributed by atoms with van der Waals surface area (Å²) in [4.78, 5) is 2.63. The third-order valence-corrected chi connectivity index (χ3v) is 4.78. The molecule has 1 aliphatic rings. The van der Waals surface area contributed by atoms with Gasteiger partial charge in [0.05, 0.1) is 11.4 Å². The Kier molecular flexibility index (Phi) is 5.10. The van der Waals surface area contributed by atoms with Crippen molar-refractivity contribution in [2.75, 3.05) is 25.0 Å². The molecule has 0 radical (unpaired) electrons. The van der Waals surface area contributed by atoms with Gasteiger partial charge < -0.3 is 5.32 Å². The van der Waals surface area contributed by atoms with Gasteiger partial charge in [-0.1, -0.05) is 27.2 Å². The lowest BCUT2D eigenvalue weighted by molar-refractivity contribution is 0.166. The van der Waals surface area contributed by atoms with E-state index in [1.165, 1.54) is 32.4 Å². The number of aromatic nitrogens is 4. The van der Waals surface area contributed by atoms with Gasteiger partial charge in [0.1, 0.15) is 6.33 Å². The Bertz CT molecular complexity index is 629. The summed E-state index contributed by atoms with van der Waals surface area (Å²) in [5.41, 5.74) is 2.91. The van der Waals surface area contributed by atoms with Crippen LogP contribution in [0.4, 0.5) is 5.69 Å². The third kappa shape index (κ3) is 3.63. The van der Waals surface area contributed by atoms with E-state index in [9.17, 15) is 0 Å². The molecule has 126 valence electrons. The zero-order valence-electron chi connectivity index (χ0n) is 14.5. The lowest BCUT2D eigenvalue weighted by Crippen LogP contribution is -2.42. The van der Waals surface area contributed by atoms with Crippen LogP contribution in [0, 0.1) is 0 Å². The predicted octanol–water partition coefficient (Wildman–Crippen LogP) is 2.92. The normalized spacial score (nSPS) is 17.7. The highest BCUT2D eigenvalue weighted by molar-refractivity contribution is 5.66. The van der Waals surface area contributed by atoms with Gasteiger partial charge in [-0.3, -0.25) is 4.90 Å². The van der Waals surface area contributed by atoms with Gasteiger partial charge in [0.15, 0.2) is 0 Å². The van der Waals surface area contributed by atoms with Crippen LogP contribution >= 0.6 is 0 Å². The first kappa shape index (κ1) is 16.2. The topological polar surface area (TPSA) is 58.4 Å². The Morgan fingerprint density at radius 2 is 2.00 bits per heavy atom. The molecule has 0 bridgehead atoms. The number of likely N-dealkylation sites (tertiary alicyclic amines) is 1. The summed E-state index contributed by atoms with van der Waals surface area (Å²) >= 11 is 0. The van der Waals surface area contributed by atoms with E-state index in [0.717, 1.165) is 30.0 Å². The van der Waals surface area contributed by atoms with E-state index in [4.69, 9.17) is 0 Å².